The molecule has 6 unspecified atom stereocenters. The normalized spacial score (nSPS) is 27.7. The van der Waals surface area contributed by atoms with Crippen molar-refractivity contribution in [3.05, 3.63) is 373 Å². The van der Waals surface area contributed by atoms with Crippen LogP contribution in [0.25, 0.3) is 22.3 Å². The van der Waals surface area contributed by atoms with Crippen molar-refractivity contribution in [3.8, 4) is 0 Å². The lowest BCUT2D eigenvalue weighted by Gasteiger charge is -2.40. The summed E-state index contributed by atoms with van der Waals surface area (Å²) in [7, 11) is 0. The third-order valence-electron chi connectivity index (χ3n) is 21.2. The van der Waals surface area contributed by atoms with Crippen LogP contribution in [0.1, 0.15) is 102 Å². The topological polar surface area (TPSA) is 0 Å². The highest BCUT2D eigenvalue weighted by Crippen LogP contribution is 2.58. The van der Waals surface area contributed by atoms with Crippen LogP contribution in [0.15, 0.2) is 339 Å². The number of hydrogen-bond donors (Lipinski definition) is 0. The molecular formula is C86H72. The van der Waals surface area contributed by atoms with Gasteiger partial charge in [-0.1, -0.05) is 218 Å². The summed E-state index contributed by atoms with van der Waals surface area (Å²) in [6.07, 6.45) is 64.5. The number of benzene rings is 2. The van der Waals surface area contributed by atoms with Crippen LogP contribution >= 0.6 is 0 Å². The van der Waals surface area contributed by atoms with Crippen molar-refractivity contribution in [3.63, 3.8) is 0 Å². The Labute approximate surface area is 509 Å². The molecule has 0 saturated heterocycles. The maximum Gasteiger partial charge on any atom is 0.0357 e. The summed E-state index contributed by atoms with van der Waals surface area (Å²) < 4.78 is 0. The number of allylic oxidation sites excluding steroid dienone is 56. The van der Waals surface area contributed by atoms with Crippen molar-refractivity contribution >= 4 is 22.3 Å². The Morgan fingerprint density at radius 3 is 1.14 bits per heavy atom. The molecule has 18 rings (SSSR count). The van der Waals surface area contributed by atoms with E-state index in [0.717, 1.165) is 12.8 Å². The van der Waals surface area contributed by atoms with Crippen molar-refractivity contribution in [2.75, 3.05) is 0 Å². The Kier molecular flexibility index (Phi) is 11.3. The van der Waals surface area contributed by atoms with Crippen LogP contribution in [0.3, 0.4) is 0 Å². The summed E-state index contributed by atoms with van der Waals surface area (Å²) in [6.45, 7) is 22.8. The zero-order valence-corrected chi connectivity index (χ0v) is 51.4. The molecule has 0 bridgehead atoms. The highest BCUT2D eigenvalue weighted by atomic mass is 14.5. The molecule has 0 radical (unpaired) electrons. The van der Waals surface area contributed by atoms with Gasteiger partial charge in [0, 0.05) is 35.5 Å². The van der Waals surface area contributed by atoms with Gasteiger partial charge in [-0.2, -0.15) is 0 Å². The van der Waals surface area contributed by atoms with Gasteiger partial charge in [-0.15, -0.1) is 0 Å². The van der Waals surface area contributed by atoms with Crippen LogP contribution in [0.2, 0.25) is 0 Å². The molecule has 0 heterocycles. The predicted molar refractivity (Wildman–Crippen MR) is 362 cm³/mol. The summed E-state index contributed by atoms with van der Waals surface area (Å²) in [6, 6.07) is 14.5. The highest BCUT2D eigenvalue weighted by Gasteiger charge is 2.42. The second-order valence-corrected chi connectivity index (χ2v) is 27.4. The average Bonchev–Trinajstić information content (AvgIpc) is 0.861. The SMILES string of the molecule is CC1=CC2=CC=C3C4=C(C=CC(=C1)C24)C(c1cc(C)cc(C2=CC=C4C(C)=CC5=C6C(=CC=C2C46)C=C(C)C5)c1)=CC3C.CC1=CC2=CC=C3C4=C(C=CC(=C1)C24)C(c1cc(C)cc(C2=CC=C4C(C)=CC5=C6C(=CC=C2C46)C=C(C)C5)c1)=CC3C. The Morgan fingerprint density at radius 1 is 0.314 bits per heavy atom. The summed E-state index contributed by atoms with van der Waals surface area (Å²) in [5, 5.41) is 0. The molecule has 2 aromatic rings. The van der Waals surface area contributed by atoms with Gasteiger partial charge in [0.15, 0.2) is 0 Å². The smallest absolute Gasteiger partial charge is 0.0357 e. The standard InChI is InChI=1S/2C43H36/c2*1-23-14-28-6-9-34-27(5)21-39(38-11-8-29(15-23)40(28)43(34)38)32-18-25(3)17-31(22-32)36-13-12-35-26(4)20-33-19-24(2)16-30-7-10-37(36)42(35)41(30)33/h2*6-18,20-22,27,40,42H,19H2,1-5H3. The number of rotatable bonds is 4. The summed E-state index contributed by atoms with van der Waals surface area (Å²) in [5.41, 5.74) is 51.1. The van der Waals surface area contributed by atoms with E-state index in [-0.39, 0.29) is 0 Å². The van der Waals surface area contributed by atoms with E-state index in [1.165, 1.54) is 201 Å². The van der Waals surface area contributed by atoms with Gasteiger partial charge in [-0.3, -0.25) is 0 Å². The third-order valence-corrected chi connectivity index (χ3v) is 21.2. The molecular weight excluding hydrogens is 1030 g/mol. The van der Waals surface area contributed by atoms with Crippen LogP contribution in [0.5, 0.6) is 0 Å². The van der Waals surface area contributed by atoms with Crippen LogP contribution in [0.4, 0.5) is 0 Å². The van der Waals surface area contributed by atoms with Crippen LogP contribution in [0, 0.1) is 49.4 Å². The van der Waals surface area contributed by atoms with Gasteiger partial charge in [0.05, 0.1) is 0 Å². The van der Waals surface area contributed by atoms with Gasteiger partial charge < -0.3 is 0 Å². The molecule has 0 aromatic heterocycles. The van der Waals surface area contributed by atoms with Gasteiger partial charge in [-0.25, -0.2) is 0 Å². The first-order chi connectivity index (χ1) is 41.7. The minimum absolute atomic E-state index is 0.335. The molecule has 0 spiro atoms. The maximum atomic E-state index is 2.51. The van der Waals surface area contributed by atoms with E-state index >= 15 is 0 Å². The fourth-order valence-electron chi connectivity index (χ4n) is 17.8. The van der Waals surface area contributed by atoms with E-state index in [1.54, 1.807) is 0 Å². The Morgan fingerprint density at radius 2 is 0.709 bits per heavy atom. The lowest BCUT2D eigenvalue weighted by molar-refractivity contribution is 0.761. The van der Waals surface area contributed by atoms with Crippen molar-refractivity contribution in [2.45, 2.75) is 82.1 Å². The first-order valence-corrected chi connectivity index (χ1v) is 31.7. The van der Waals surface area contributed by atoms with E-state index in [0.29, 0.717) is 35.5 Å². The predicted octanol–water partition coefficient (Wildman–Crippen LogP) is 21.4. The monoisotopic (exact) mass is 1100 g/mol. The van der Waals surface area contributed by atoms with Crippen LogP contribution in [-0.4, -0.2) is 0 Å². The highest BCUT2D eigenvalue weighted by molar-refractivity contribution is 5.96. The van der Waals surface area contributed by atoms with Crippen molar-refractivity contribution < 1.29 is 0 Å². The molecule has 0 fully saturated rings. The van der Waals surface area contributed by atoms with Crippen molar-refractivity contribution in [2.24, 2.45) is 35.5 Å². The van der Waals surface area contributed by atoms with E-state index in [9.17, 15) is 0 Å². The lowest BCUT2D eigenvalue weighted by Crippen LogP contribution is -2.25. The maximum absolute atomic E-state index is 2.51. The van der Waals surface area contributed by atoms with Crippen molar-refractivity contribution in [1.82, 2.24) is 0 Å². The zero-order chi connectivity index (χ0) is 58.3. The Balaban J connectivity index is 0.000000134. The molecule has 0 amide bonds. The molecule has 16 aliphatic rings. The minimum atomic E-state index is 0.335. The van der Waals surface area contributed by atoms with Gasteiger partial charge >= 0.3 is 0 Å². The second-order valence-electron chi connectivity index (χ2n) is 27.4. The molecule has 0 aliphatic heterocycles. The minimum Gasteiger partial charge on any atom is -0.0688 e. The molecule has 6 atom stereocenters. The van der Waals surface area contributed by atoms with Crippen LogP contribution in [-0.2, 0) is 0 Å². The molecule has 416 valence electrons. The van der Waals surface area contributed by atoms with E-state index in [4.69, 9.17) is 0 Å². The average molecular weight is 1110 g/mol. The number of hydrogen-bond acceptors (Lipinski definition) is 0. The summed E-state index contributed by atoms with van der Waals surface area (Å²) in [4.78, 5) is 0. The lowest BCUT2D eigenvalue weighted by atomic mass is 9.63. The molecule has 2 aromatic carbocycles. The molecule has 0 N–H and O–H groups in total. The first kappa shape index (κ1) is 51.6. The van der Waals surface area contributed by atoms with E-state index in [2.05, 4.69) is 264 Å². The summed E-state index contributed by atoms with van der Waals surface area (Å²) >= 11 is 0. The largest absolute Gasteiger partial charge is 0.0688 e. The first-order valence-electron chi connectivity index (χ1n) is 31.7. The molecule has 16 aliphatic carbocycles. The Hall–Kier alpha value is -8.84. The van der Waals surface area contributed by atoms with E-state index in [1.807, 2.05) is 0 Å². The fourth-order valence-corrected chi connectivity index (χ4v) is 17.8. The zero-order valence-electron chi connectivity index (χ0n) is 51.4. The summed E-state index contributed by atoms with van der Waals surface area (Å²) in [5.74, 6) is 2.14. The van der Waals surface area contributed by atoms with Gasteiger partial charge in [-0.05, 0) is 259 Å². The molecule has 86 heavy (non-hydrogen) atoms. The van der Waals surface area contributed by atoms with Gasteiger partial charge in [0.2, 0.25) is 0 Å². The second kappa shape index (κ2) is 18.8. The molecule has 0 saturated carbocycles. The molecule has 0 nitrogen and oxygen atoms in total. The van der Waals surface area contributed by atoms with E-state index < -0.39 is 0 Å². The van der Waals surface area contributed by atoms with Gasteiger partial charge in [0.25, 0.3) is 0 Å². The van der Waals surface area contributed by atoms with Crippen molar-refractivity contribution in [1.29, 1.82) is 0 Å². The van der Waals surface area contributed by atoms with Gasteiger partial charge in [0.1, 0.15) is 0 Å². The van der Waals surface area contributed by atoms with Crippen LogP contribution < -0.4 is 0 Å². The Bertz CT molecular complexity index is 4420. The molecule has 0 heteroatoms. The third kappa shape index (κ3) is 7.74. The quantitative estimate of drug-likeness (QED) is 0.286. The fraction of sp³-hybridized carbons (Fsp3) is 0.209. The number of aryl methyl sites for hydroxylation is 2.